The van der Waals surface area contributed by atoms with E-state index in [9.17, 15) is 9.59 Å². The second-order valence-corrected chi connectivity index (χ2v) is 7.63. The van der Waals surface area contributed by atoms with E-state index >= 15 is 0 Å². The molecule has 2 amide bonds. The van der Waals surface area contributed by atoms with Gasteiger partial charge in [0.05, 0.1) is 18.7 Å². The molecular weight excluding hydrogens is 392 g/mol. The molecule has 0 radical (unpaired) electrons. The molecule has 0 aliphatic heterocycles. The van der Waals surface area contributed by atoms with Gasteiger partial charge in [-0.25, -0.2) is 0 Å². The zero-order chi connectivity index (χ0) is 22.4. The Balaban J connectivity index is 1.80. The Kier molecular flexibility index (Phi) is 7.14. The molecule has 2 aromatic rings. The number of amides is 2. The summed E-state index contributed by atoms with van der Waals surface area (Å²) in [4.78, 5) is 23.5. The van der Waals surface area contributed by atoms with Gasteiger partial charge >= 0.3 is 0 Å². The van der Waals surface area contributed by atoms with Crippen molar-refractivity contribution in [3.63, 3.8) is 0 Å². The lowest BCUT2D eigenvalue weighted by atomic mass is 9.91. The number of nitrogens with one attached hydrogen (secondary N) is 1. The predicted molar refractivity (Wildman–Crippen MR) is 119 cm³/mol. The fourth-order valence-electron chi connectivity index (χ4n) is 3.78. The highest BCUT2D eigenvalue weighted by atomic mass is 16.5. The van der Waals surface area contributed by atoms with E-state index in [1.807, 2.05) is 18.2 Å². The quantitative estimate of drug-likeness (QED) is 0.554. The number of rotatable bonds is 6. The topological polar surface area (TPSA) is 99.2 Å². The van der Waals surface area contributed by atoms with Crippen molar-refractivity contribution in [1.82, 2.24) is 15.1 Å². The SMILES string of the molecule is C=CC(=O)NC1CCC(n2cc(C(N)=O)c(C#Cc3cc(CC)cc(OC)c3)n2)CC1. The van der Waals surface area contributed by atoms with Gasteiger partial charge in [0.2, 0.25) is 5.91 Å². The second-order valence-electron chi connectivity index (χ2n) is 7.63. The molecule has 0 saturated heterocycles. The van der Waals surface area contributed by atoms with E-state index in [1.165, 1.54) is 6.08 Å². The summed E-state index contributed by atoms with van der Waals surface area (Å²) in [6.07, 6.45) is 7.18. The smallest absolute Gasteiger partial charge is 0.253 e. The van der Waals surface area contributed by atoms with Crippen molar-refractivity contribution in [3.05, 3.63) is 59.4 Å². The summed E-state index contributed by atoms with van der Waals surface area (Å²) >= 11 is 0. The van der Waals surface area contributed by atoms with E-state index in [1.54, 1.807) is 18.0 Å². The standard InChI is InChI=1S/C24H28N4O3/c1-4-16-12-17(14-20(13-16)31-3)6-11-22-21(24(25)30)15-28(27-22)19-9-7-18(8-10-19)26-23(29)5-2/h5,12-15,18-19H,2,4,7-10H2,1,3H3,(H2,25,30)(H,26,29). The molecule has 0 bridgehead atoms. The number of carbonyl (C=O) groups excluding carboxylic acids is 2. The van der Waals surface area contributed by atoms with Crippen LogP contribution in [0, 0.1) is 11.8 Å². The van der Waals surface area contributed by atoms with Crippen molar-refractivity contribution in [3.8, 4) is 17.6 Å². The summed E-state index contributed by atoms with van der Waals surface area (Å²) in [5, 5.41) is 7.50. The minimum atomic E-state index is -0.553. The second kappa shape index (κ2) is 9.98. The first kappa shape index (κ1) is 22.2. The van der Waals surface area contributed by atoms with E-state index in [0.717, 1.165) is 49.0 Å². The highest BCUT2D eigenvalue weighted by molar-refractivity contribution is 5.94. The third-order valence-electron chi connectivity index (χ3n) is 5.54. The molecule has 1 saturated carbocycles. The van der Waals surface area contributed by atoms with E-state index < -0.39 is 5.91 Å². The molecule has 162 valence electrons. The molecule has 31 heavy (non-hydrogen) atoms. The number of hydrogen-bond acceptors (Lipinski definition) is 4. The molecule has 3 N–H and O–H groups in total. The third kappa shape index (κ3) is 5.54. The number of aromatic nitrogens is 2. The molecule has 1 aliphatic carbocycles. The van der Waals surface area contributed by atoms with Crippen LogP contribution in [0.15, 0.2) is 37.1 Å². The summed E-state index contributed by atoms with van der Waals surface area (Å²) in [6.45, 7) is 5.55. The lowest BCUT2D eigenvalue weighted by molar-refractivity contribution is -0.117. The largest absolute Gasteiger partial charge is 0.497 e. The number of benzene rings is 1. The molecule has 7 nitrogen and oxygen atoms in total. The summed E-state index contributed by atoms with van der Waals surface area (Å²) < 4.78 is 7.13. The lowest BCUT2D eigenvalue weighted by Crippen LogP contribution is -2.37. The van der Waals surface area contributed by atoms with Crippen LogP contribution >= 0.6 is 0 Å². The maximum Gasteiger partial charge on any atom is 0.253 e. The average molecular weight is 421 g/mol. The van der Waals surface area contributed by atoms with Crippen molar-refractivity contribution in [1.29, 1.82) is 0 Å². The number of hydrogen-bond donors (Lipinski definition) is 2. The number of methoxy groups -OCH3 is 1. The Bertz CT molecular complexity index is 1010. The van der Waals surface area contributed by atoms with Gasteiger partial charge in [-0.1, -0.05) is 19.4 Å². The Morgan fingerprint density at radius 3 is 2.65 bits per heavy atom. The molecule has 0 atom stereocenters. The number of aryl methyl sites for hydroxylation is 1. The molecule has 1 aromatic heterocycles. The summed E-state index contributed by atoms with van der Waals surface area (Å²) in [5.74, 6) is 6.13. The van der Waals surface area contributed by atoms with Crippen molar-refractivity contribution in [2.75, 3.05) is 7.11 Å². The van der Waals surface area contributed by atoms with E-state index in [2.05, 4.69) is 35.8 Å². The summed E-state index contributed by atoms with van der Waals surface area (Å²) in [7, 11) is 1.62. The van der Waals surface area contributed by atoms with Crippen LogP contribution in [0.2, 0.25) is 0 Å². The summed E-state index contributed by atoms with van der Waals surface area (Å²) in [6, 6.07) is 6.09. The van der Waals surface area contributed by atoms with Crippen molar-refractivity contribution in [2.24, 2.45) is 5.73 Å². The highest BCUT2D eigenvalue weighted by Crippen LogP contribution is 2.29. The Morgan fingerprint density at radius 1 is 1.29 bits per heavy atom. The first-order chi connectivity index (χ1) is 14.9. The molecule has 1 heterocycles. The Hall–Kier alpha value is -3.53. The van der Waals surface area contributed by atoms with Gasteiger partial charge in [0.1, 0.15) is 11.4 Å². The molecule has 1 fully saturated rings. The Labute approximate surface area is 182 Å². The molecular formula is C24H28N4O3. The van der Waals surface area contributed by atoms with Crippen LogP contribution in [0.4, 0.5) is 0 Å². The number of carbonyl (C=O) groups is 2. The molecule has 1 aromatic carbocycles. The van der Waals surface area contributed by atoms with Gasteiger partial charge in [-0.05, 0) is 67.9 Å². The van der Waals surface area contributed by atoms with Crippen LogP contribution in [0.1, 0.15) is 65.8 Å². The molecule has 0 spiro atoms. The van der Waals surface area contributed by atoms with Crippen molar-refractivity contribution in [2.45, 2.75) is 51.1 Å². The maximum absolute atomic E-state index is 12.0. The van der Waals surface area contributed by atoms with Crippen molar-refractivity contribution >= 4 is 11.8 Å². The monoisotopic (exact) mass is 420 g/mol. The van der Waals surface area contributed by atoms with Crippen LogP contribution in [-0.2, 0) is 11.2 Å². The van der Waals surface area contributed by atoms with Gasteiger partial charge in [0.25, 0.3) is 5.91 Å². The van der Waals surface area contributed by atoms with Gasteiger partial charge in [0.15, 0.2) is 0 Å². The first-order valence-corrected chi connectivity index (χ1v) is 10.4. The zero-order valence-electron chi connectivity index (χ0n) is 18.0. The molecule has 3 rings (SSSR count). The molecule has 0 unspecified atom stereocenters. The van der Waals surface area contributed by atoms with E-state index in [4.69, 9.17) is 10.5 Å². The highest BCUT2D eigenvalue weighted by Gasteiger charge is 2.25. The molecule has 7 heteroatoms. The van der Waals surface area contributed by atoms with Gasteiger partial charge in [-0.15, -0.1) is 0 Å². The number of primary amides is 1. The number of nitrogens with zero attached hydrogens (tertiary/aromatic N) is 2. The van der Waals surface area contributed by atoms with Crippen LogP contribution in [-0.4, -0.2) is 34.7 Å². The van der Waals surface area contributed by atoms with E-state index in [0.29, 0.717) is 11.3 Å². The minimum absolute atomic E-state index is 0.132. The van der Waals surface area contributed by atoms with Crippen molar-refractivity contribution < 1.29 is 14.3 Å². The number of ether oxygens (including phenoxy) is 1. The molecule has 1 aliphatic rings. The lowest BCUT2D eigenvalue weighted by Gasteiger charge is -2.28. The van der Waals surface area contributed by atoms with Crippen LogP contribution in [0.5, 0.6) is 5.75 Å². The zero-order valence-corrected chi connectivity index (χ0v) is 18.0. The van der Waals surface area contributed by atoms with Crippen LogP contribution < -0.4 is 15.8 Å². The average Bonchev–Trinajstić information content (AvgIpc) is 3.22. The van der Waals surface area contributed by atoms with Crippen LogP contribution in [0.3, 0.4) is 0 Å². The van der Waals surface area contributed by atoms with Gasteiger partial charge in [0, 0.05) is 17.8 Å². The Morgan fingerprint density at radius 2 is 2.03 bits per heavy atom. The van der Waals surface area contributed by atoms with Gasteiger partial charge in [-0.2, -0.15) is 5.10 Å². The van der Waals surface area contributed by atoms with Gasteiger partial charge < -0.3 is 15.8 Å². The summed E-state index contributed by atoms with van der Waals surface area (Å²) in [5.41, 5.74) is 8.16. The number of nitrogens with two attached hydrogens (primary N) is 1. The maximum atomic E-state index is 12.0. The normalized spacial score (nSPS) is 17.9. The third-order valence-corrected chi connectivity index (χ3v) is 5.54. The fraction of sp³-hybridized carbons (Fsp3) is 0.375. The first-order valence-electron chi connectivity index (χ1n) is 10.4. The van der Waals surface area contributed by atoms with Crippen LogP contribution in [0.25, 0.3) is 0 Å². The minimum Gasteiger partial charge on any atom is -0.497 e. The van der Waals surface area contributed by atoms with Gasteiger partial charge in [-0.3, -0.25) is 14.3 Å². The predicted octanol–water partition coefficient (Wildman–Crippen LogP) is 2.74. The van der Waals surface area contributed by atoms with E-state index in [-0.39, 0.29) is 18.0 Å². The fourth-order valence-corrected chi connectivity index (χ4v) is 3.78.